The summed E-state index contributed by atoms with van der Waals surface area (Å²) in [6, 6.07) is 16.2. The lowest BCUT2D eigenvalue weighted by atomic mass is 9.86. The van der Waals surface area contributed by atoms with Gasteiger partial charge in [0, 0.05) is 19.0 Å². The third-order valence-corrected chi connectivity index (χ3v) is 6.09. The van der Waals surface area contributed by atoms with E-state index >= 15 is 0 Å². The number of nitrogens with zero attached hydrogens (tertiary/aromatic N) is 1. The monoisotopic (exact) mass is 436 g/mol. The number of aryl methyl sites for hydroxylation is 2. The quantitative estimate of drug-likeness (QED) is 0.560. The second kappa shape index (κ2) is 11.3. The zero-order valence-electron chi connectivity index (χ0n) is 20.9. The van der Waals surface area contributed by atoms with Gasteiger partial charge in [0.25, 0.3) is 0 Å². The first kappa shape index (κ1) is 25.6. The van der Waals surface area contributed by atoms with Crippen LogP contribution in [0.2, 0.25) is 0 Å². The number of nitrogens with one attached hydrogen (secondary N) is 1. The summed E-state index contributed by atoms with van der Waals surface area (Å²) < 4.78 is 0. The van der Waals surface area contributed by atoms with E-state index in [2.05, 4.69) is 50.4 Å². The molecule has 174 valence electrons. The lowest BCUT2D eigenvalue weighted by Crippen LogP contribution is -2.49. The number of rotatable bonds is 9. The second-order valence-electron chi connectivity index (χ2n) is 9.95. The van der Waals surface area contributed by atoms with Crippen molar-refractivity contribution in [1.29, 1.82) is 0 Å². The van der Waals surface area contributed by atoms with Gasteiger partial charge in [-0.1, -0.05) is 81.8 Å². The molecule has 0 radical (unpaired) electrons. The van der Waals surface area contributed by atoms with Gasteiger partial charge in [0.2, 0.25) is 11.8 Å². The maximum absolute atomic E-state index is 13.3. The van der Waals surface area contributed by atoms with E-state index < -0.39 is 6.04 Å². The molecule has 2 amide bonds. The molecule has 0 aliphatic carbocycles. The maximum Gasteiger partial charge on any atom is 0.242 e. The van der Waals surface area contributed by atoms with Crippen LogP contribution < -0.4 is 5.32 Å². The van der Waals surface area contributed by atoms with Gasteiger partial charge in [0.05, 0.1) is 0 Å². The molecule has 1 N–H and O–H groups in total. The summed E-state index contributed by atoms with van der Waals surface area (Å²) in [5.74, 6) is -0.105. The third-order valence-electron chi connectivity index (χ3n) is 6.09. The highest BCUT2D eigenvalue weighted by Gasteiger charge is 2.26. The first-order valence-corrected chi connectivity index (χ1v) is 11.8. The van der Waals surface area contributed by atoms with Crippen molar-refractivity contribution in [3.05, 3.63) is 70.8 Å². The summed E-state index contributed by atoms with van der Waals surface area (Å²) in [5.41, 5.74) is 4.73. The molecule has 0 heterocycles. The Labute approximate surface area is 194 Å². The summed E-state index contributed by atoms with van der Waals surface area (Å²) in [7, 11) is 0. The fourth-order valence-corrected chi connectivity index (χ4v) is 3.50. The molecule has 2 rings (SSSR count). The number of hydrogen-bond acceptors (Lipinski definition) is 2. The third kappa shape index (κ3) is 7.51. The highest BCUT2D eigenvalue weighted by molar-refractivity contribution is 5.87. The van der Waals surface area contributed by atoms with Crippen LogP contribution in [0.1, 0.15) is 76.6 Å². The molecule has 2 aromatic rings. The molecule has 2 aromatic carbocycles. The smallest absolute Gasteiger partial charge is 0.242 e. The normalized spacial score (nSPS) is 13.3. The van der Waals surface area contributed by atoms with Gasteiger partial charge in [-0.3, -0.25) is 9.59 Å². The average Bonchev–Trinajstić information content (AvgIpc) is 2.76. The molecule has 0 aliphatic rings. The minimum absolute atomic E-state index is 0.00252. The Morgan fingerprint density at radius 3 is 2.03 bits per heavy atom. The van der Waals surface area contributed by atoms with E-state index in [4.69, 9.17) is 0 Å². The van der Waals surface area contributed by atoms with Gasteiger partial charge >= 0.3 is 0 Å². The Balaban J connectivity index is 2.13. The Kier molecular flexibility index (Phi) is 9.06. The van der Waals surface area contributed by atoms with Gasteiger partial charge in [-0.25, -0.2) is 0 Å². The van der Waals surface area contributed by atoms with E-state index in [0.29, 0.717) is 19.4 Å². The summed E-state index contributed by atoms with van der Waals surface area (Å²) in [6.07, 6.45) is 1.89. The molecule has 2 atom stereocenters. The molecule has 32 heavy (non-hydrogen) atoms. The van der Waals surface area contributed by atoms with Crippen molar-refractivity contribution in [3.8, 4) is 0 Å². The van der Waals surface area contributed by atoms with Gasteiger partial charge in [0.1, 0.15) is 6.04 Å². The summed E-state index contributed by atoms with van der Waals surface area (Å²) in [6.45, 7) is 14.9. The molecule has 4 nitrogen and oxygen atoms in total. The molecular weight excluding hydrogens is 396 g/mol. The van der Waals surface area contributed by atoms with Crippen LogP contribution in [0.15, 0.2) is 48.5 Å². The van der Waals surface area contributed by atoms with Gasteiger partial charge in [-0.15, -0.1) is 0 Å². The second-order valence-corrected chi connectivity index (χ2v) is 9.95. The molecular formula is C28H40N2O2. The zero-order valence-corrected chi connectivity index (χ0v) is 20.9. The zero-order chi connectivity index (χ0) is 23.9. The first-order chi connectivity index (χ1) is 15.0. The van der Waals surface area contributed by atoms with Gasteiger partial charge in [-0.05, 0) is 55.7 Å². The van der Waals surface area contributed by atoms with Crippen molar-refractivity contribution in [2.45, 2.75) is 91.8 Å². The van der Waals surface area contributed by atoms with E-state index in [1.165, 1.54) is 11.1 Å². The lowest BCUT2D eigenvalue weighted by Gasteiger charge is -2.30. The van der Waals surface area contributed by atoms with Crippen LogP contribution in [0.3, 0.4) is 0 Å². The van der Waals surface area contributed by atoms with Crippen molar-refractivity contribution in [2.24, 2.45) is 0 Å². The van der Waals surface area contributed by atoms with Crippen LogP contribution in [-0.2, 0) is 28.0 Å². The molecule has 0 saturated carbocycles. The van der Waals surface area contributed by atoms with E-state index in [0.717, 1.165) is 17.5 Å². The van der Waals surface area contributed by atoms with E-state index in [9.17, 15) is 9.59 Å². The van der Waals surface area contributed by atoms with Crippen LogP contribution in [0.5, 0.6) is 0 Å². The summed E-state index contributed by atoms with van der Waals surface area (Å²) in [5, 5.41) is 3.02. The number of carbonyl (C=O) groups is 2. The predicted octanol–water partition coefficient (Wildman–Crippen LogP) is 5.56. The predicted molar refractivity (Wildman–Crippen MR) is 133 cm³/mol. The Hall–Kier alpha value is -2.62. The van der Waals surface area contributed by atoms with Crippen molar-refractivity contribution in [2.75, 3.05) is 0 Å². The van der Waals surface area contributed by atoms with Gasteiger partial charge in [0.15, 0.2) is 0 Å². The van der Waals surface area contributed by atoms with Crippen LogP contribution in [0, 0.1) is 6.92 Å². The van der Waals surface area contributed by atoms with E-state index in [-0.39, 0.29) is 23.3 Å². The van der Waals surface area contributed by atoms with Crippen molar-refractivity contribution < 1.29 is 9.59 Å². The standard InChI is InChI=1S/C28H40N2O2/c1-8-21(3)29-27(32)22(4)30(19-24-11-9-20(2)10-12-24)26(31)18-15-23-13-16-25(17-14-23)28(5,6)7/h9-14,16-17,21-22H,8,15,18-19H2,1-7H3,(H,29,32)/t21-,22+/m1/s1. The highest BCUT2D eigenvalue weighted by Crippen LogP contribution is 2.22. The molecule has 0 aromatic heterocycles. The molecule has 0 spiro atoms. The maximum atomic E-state index is 13.3. The number of hydrogen-bond donors (Lipinski definition) is 1. The molecule has 0 fully saturated rings. The summed E-state index contributed by atoms with van der Waals surface area (Å²) >= 11 is 0. The SMILES string of the molecule is CC[C@@H](C)NC(=O)[C@H](C)N(Cc1ccc(C)cc1)C(=O)CCc1ccc(C(C)(C)C)cc1. The summed E-state index contributed by atoms with van der Waals surface area (Å²) in [4.78, 5) is 27.8. The van der Waals surface area contributed by atoms with Gasteiger partial charge in [-0.2, -0.15) is 0 Å². The fourth-order valence-electron chi connectivity index (χ4n) is 3.50. The van der Waals surface area contributed by atoms with Crippen molar-refractivity contribution in [3.63, 3.8) is 0 Å². The number of benzene rings is 2. The minimum atomic E-state index is -0.527. The first-order valence-electron chi connectivity index (χ1n) is 11.8. The van der Waals surface area contributed by atoms with Crippen LogP contribution in [-0.4, -0.2) is 28.8 Å². The van der Waals surface area contributed by atoms with E-state index in [1.807, 2.05) is 52.0 Å². The van der Waals surface area contributed by atoms with Crippen molar-refractivity contribution in [1.82, 2.24) is 10.2 Å². The van der Waals surface area contributed by atoms with E-state index in [1.54, 1.807) is 4.90 Å². The molecule has 4 heteroatoms. The Morgan fingerprint density at radius 2 is 1.50 bits per heavy atom. The fraction of sp³-hybridized carbons (Fsp3) is 0.500. The Morgan fingerprint density at radius 1 is 0.938 bits per heavy atom. The number of carbonyl (C=O) groups excluding carboxylic acids is 2. The highest BCUT2D eigenvalue weighted by atomic mass is 16.2. The van der Waals surface area contributed by atoms with Gasteiger partial charge < -0.3 is 10.2 Å². The molecule has 0 bridgehead atoms. The largest absolute Gasteiger partial charge is 0.352 e. The lowest BCUT2D eigenvalue weighted by molar-refractivity contribution is -0.140. The van der Waals surface area contributed by atoms with Crippen LogP contribution >= 0.6 is 0 Å². The average molecular weight is 437 g/mol. The number of amides is 2. The minimum Gasteiger partial charge on any atom is -0.352 e. The van der Waals surface area contributed by atoms with Crippen molar-refractivity contribution >= 4 is 11.8 Å². The molecule has 0 aliphatic heterocycles. The van der Waals surface area contributed by atoms with Crippen LogP contribution in [0.25, 0.3) is 0 Å². The molecule has 0 saturated heterocycles. The molecule has 0 unspecified atom stereocenters. The topological polar surface area (TPSA) is 49.4 Å². The van der Waals surface area contributed by atoms with Crippen LogP contribution in [0.4, 0.5) is 0 Å². The Bertz CT molecular complexity index is 879.